The topological polar surface area (TPSA) is 170 Å². The predicted octanol–water partition coefficient (Wildman–Crippen LogP) is 5.05. The molecule has 19 unspecified atom stereocenters. The molecule has 60 heavy (non-hydrogen) atoms. The Bertz CT molecular complexity index is 1600. The highest BCUT2D eigenvalue weighted by Gasteiger charge is 2.62. The van der Waals surface area contributed by atoms with Crippen LogP contribution in [0.3, 0.4) is 0 Å². The molecule has 6 aliphatic heterocycles. The Labute approximate surface area is 356 Å². The highest BCUT2D eigenvalue weighted by molar-refractivity contribution is 5.76. The van der Waals surface area contributed by atoms with Gasteiger partial charge in [0.05, 0.1) is 60.9 Å². The number of allylic oxidation sites excluding steroid dienone is 2. The van der Waals surface area contributed by atoms with Crippen LogP contribution in [-0.4, -0.2) is 139 Å². The molecule has 0 amide bonds. The highest BCUT2D eigenvalue weighted by Crippen LogP contribution is 2.50. The number of hydrogen-bond acceptors (Lipinski definition) is 14. The Morgan fingerprint density at radius 1 is 0.867 bits per heavy atom. The van der Waals surface area contributed by atoms with Crippen molar-refractivity contribution in [2.45, 2.75) is 203 Å². The highest BCUT2D eigenvalue weighted by atomic mass is 16.7. The first kappa shape index (κ1) is 46.2. The molecule has 3 N–H and O–H groups in total. The van der Waals surface area contributed by atoms with Crippen molar-refractivity contribution in [2.24, 2.45) is 23.7 Å². The molecule has 14 nitrogen and oxygen atoms in total. The molecule has 7 rings (SSSR count). The van der Waals surface area contributed by atoms with Crippen molar-refractivity contribution in [2.75, 3.05) is 20.8 Å². The fourth-order valence-electron chi connectivity index (χ4n) is 10.8. The van der Waals surface area contributed by atoms with E-state index in [1.165, 1.54) is 0 Å². The minimum Gasteiger partial charge on any atom is -0.462 e. The van der Waals surface area contributed by atoms with Crippen LogP contribution < -0.4 is 0 Å². The number of methoxy groups -OCH3 is 2. The minimum absolute atomic E-state index is 0.0723. The number of esters is 1. The summed E-state index contributed by atoms with van der Waals surface area (Å²) in [5.74, 6) is -2.51. The van der Waals surface area contributed by atoms with Crippen LogP contribution in [0.15, 0.2) is 35.5 Å². The van der Waals surface area contributed by atoms with Gasteiger partial charge in [0.25, 0.3) is 0 Å². The van der Waals surface area contributed by atoms with Crippen LogP contribution in [0.5, 0.6) is 0 Å². The second kappa shape index (κ2) is 18.4. The fraction of sp³-hybridized carbons (Fsp3) is 0.848. The molecule has 6 heterocycles. The van der Waals surface area contributed by atoms with Crippen LogP contribution >= 0.6 is 0 Å². The van der Waals surface area contributed by atoms with E-state index in [-0.39, 0.29) is 37.1 Å². The van der Waals surface area contributed by atoms with Gasteiger partial charge in [0.1, 0.15) is 30.0 Å². The van der Waals surface area contributed by atoms with E-state index in [0.29, 0.717) is 50.0 Å². The molecule has 340 valence electrons. The molecule has 1 aliphatic carbocycles. The molecule has 0 radical (unpaired) electrons. The monoisotopic (exact) mass is 848 g/mol. The average Bonchev–Trinajstić information content (AvgIpc) is 3.53. The lowest BCUT2D eigenvalue weighted by molar-refractivity contribution is -0.355. The number of hydrogen-bond donors (Lipinski definition) is 3. The lowest BCUT2D eigenvalue weighted by atomic mass is 9.66. The normalized spacial score (nSPS) is 48.8. The molecular formula is C46H72O14. The van der Waals surface area contributed by atoms with E-state index >= 15 is 0 Å². The van der Waals surface area contributed by atoms with E-state index in [9.17, 15) is 20.1 Å². The van der Waals surface area contributed by atoms with Gasteiger partial charge in [0.2, 0.25) is 0 Å². The third kappa shape index (κ3) is 9.23. The van der Waals surface area contributed by atoms with Gasteiger partial charge in [-0.25, -0.2) is 0 Å². The largest absolute Gasteiger partial charge is 0.462 e. The molecule has 6 fully saturated rings. The maximum atomic E-state index is 14.3. The Hall–Kier alpha value is -1.79. The summed E-state index contributed by atoms with van der Waals surface area (Å²) >= 11 is 0. The second-order valence-electron chi connectivity index (χ2n) is 19.4. The molecule has 0 aromatic rings. The van der Waals surface area contributed by atoms with Crippen molar-refractivity contribution < 1.29 is 67.5 Å². The maximum absolute atomic E-state index is 14.3. The first-order valence-electron chi connectivity index (χ1n) is 22.4. The Balaban J connectivity index is 1.17. The number of ether oxygens (including phenoxy) is 10. The number of aliphatic hydroxyl groups is 3. The SMILES string of the molecule is COC1CC(OC2C(C)OC(OC3C(C)=CCC4CC(CC5(CCC(C)C(C)(C)O5)O4)OC(=O)C4CC(C)C(O)C5OCC(=CC=CC3C)C45O)CC2OC)OC(C)C1O. The first-order chi connectivity index (χ1) is 28.4. The predicted molar refractivity (Wildman–Crippen MR) is 218 cm³/mol. The molecule has 0 aromatic heterocycles. The Kier molecular flexibility index (Phi) is 14.1. The lowest BCUT2D eigenvalue weighted by Gasteiger charge is -2.53. The van der Waals surface area contributed by atoms with Crippen LogP contribution in [0, 0.1) is 23.7 Å². The standard InChI is InChI=1S/C46H72O14/c1-24-12-11-13-30-23-53-42-38(47)26(3)18-33(46(30,42)50)43(49)56-32-19-31(59-45(22-32)17-16-27(4)44(7,8)60-45)15-14-25(2)40(24)57-37-21-35(52-10)41(29(6)55-37)58-36-20-34(51-9)39(48)28(5)54-36/h11-14,24,26-29,31-42,47-48,50H,15-23H2,1-10H3. The average molecular weight is 849 g/mol. The third-order valence-electron chi connectivity index (χ3n) is 14.8. The van der Waals surface area contributed by atoms with E-state index in [0.717, 1.165) is 12.0 Å². The van der Waals surface area contributed by atoms with Crippen LogP contribution in [0.4, 0.5) is 0 Å². The second-order valence-corrected chi connectivity index (χ2v) is 19.4. The summed E-state index contributed by atoms with van der Waals surface area (Å²) < 4.78 is 63.6. The molecule has 2 bridgehead atoms. The van der Waals surface area contributed by atoms with Crippen molar-refractivity contribution >= 4 is 5.97 Å². The van der Waals surface area contributed by atoms with E-state index in [1.807, 2.05) is 32.1 Å². The molecule has 19 atom stereocenters. The molecule has 1 spiro atoms. The smallest absolute Gasteiger partial charge is 0.312 e. The fourth-order valence-corrected chi connectivity index (χ4v) is 10.8. The van der Waals surface area contributed by atoms with Crippen molar-refractivity contribution in [1.82, 2.24) is 0 Å². The minimum atomic E-state index is -1.74. The summed E-state index contributed by atoms with van der Waals surface area (Å²) in [4.78, 5) is 14.3. The zero-order chi connectivity index (χ0) is 43.3. The number of fused-ring (bicyclic) bond motifs is 2. The van der Waals surface area contributed by atoms with Gasteiger partial charge in [0.15, 0.2) is 18.4 Å². The Morgan fingerprint density at radius 2 is 1.57 bits per heavy atom. The summed E-state index contributed by atoms with van der Waals surface area (Å²) in [7, 11) is 3.23. The van der Waals surface area contributed by atoms with Gasteiger partial charge >= 0.3 is 5.97 Å². The van der Waals surface area contributed by atoms with Gasteiger partial charge in [-0.15, -0.1) is 0 Å². The van der Waals surface area contributed by atoms with Crippen LogP contribution in [0.25, 0.3) is 0 Å². The third-order valence-corrected chi connectivity index (χ3v) is 14.8. The quantitative estimate of drug-likeness (QED) is 0.240. The molecular weight excluding hydrogens is 776 g/mol. The molecule has 1 saturated carbocycles. The van der Waals surface area contributed by atoms with Gasteiger partial charge < -0.3 is 62.7 Å². The molecule has 7 aliphatic rings. The van der Waals surface area contributed by atoms with E-state index in [2.05, 4.69) is 40.7 Å². The summed E-state index contributed by atoms with van der Waals surface area (Å²) in [5, 5.41) is 34.3. The van der Waals surface area contributed by atoms with Gasteiger partial charge in [0, 0.05) is 52.2 Å². The number of rotatable bonds is 6. The first-order valence-corrected chi connectivity index (χ1v) is 22.4. The van der Waals surface area contributed by atoms with Crippen LogP contribution in [0.1, 0.15) is 107 Å². The van der Waals surface area contributed by atoms with E-state index in [4.69, 9.17) is 47.4 Å². The lowest BCUT2D eigenvalue weighted by Crippen LogP contribution is -2.61. The van der Waals surface area contributed by atoms with Gasteiger partial charge in [-0.1, -0.05) is 45.1 Å². The van der Waals surface area contributed by atoms with Crippen molar-refractivity contribution in [3.8, 4) is 0 Å². The molecule has 14 heteroatoms. The van der Waals surface area contributed by atoms with Gasteiger partial charge in [-0.3, -0.25) is 4.79 Å². The van der Waals surface area contributed by atoms with Crippen LogP contribution in [-0.2, 0) is 52.2 Å². The zero-order valence-corrected chi connectivity index (χ0v) is 37.3. The number of aliphatic hydroxyl groups excluding tert-OH is 2. The number of carbonyl (C=O) groups is 1. The van der Waals surface area contributed by atoms with E-state index < -0.39 is 96.4 Å². The van der Waals surface area contributed by atoms with Crippen molar-refractivity contribution in [3.05, 3.63) is 35.5 Å². The van der Waals surface area contributed by atoms with Crippen molar-refractivity contribution in [3.63, 3.8) is 0 Å². The zero-order valence-electron chi connectivity index (χ0n) is 37.3. The maximum Gasteiger partial charge on any atom is 0.312 e. The Morgan fingerprint density at radius 3 is 2.28 bits per heavy atom. The molecule has 0 aromatic carbocycles. The van der Waals surface area contributed by atoms with Gasteiger partial charge in [-0.2, -0.15) is 0 Å². The number of carbonyl (C=O) groups excluding carboxylic acids is 1. The van der Waals surface area contributed by atoms with E-state index in [1.54, 1.807) is 21.1 Å². The summed E-state index contributed by atoms with van der Waals surface area (Å²) in [6.07, 6.45) is 4.51. The van der Waals surface area contributed by atoms with Crippen LogP contribution in [0.2, 0.25) is 0 Å². The van der Waals surface area contributed by atoms with Gasteiger partial charge in [-0.05, 0) is 76.9 Å². The van der Waals surface area contributed by atoms with Crippen molar-refractivity contribution in [1.29, 1.82) is 0 Å². The summed E-state index contributed by atoms with van der Waals surface area (Å²) in [6, 6.07) is 0. The summed E-state index contributed by atoms with van der Waals surface area (Å²) in [5.41, 5.74) is -0.694. The molecule has 5 saturated heterocycles. The summed E-state index contributed by atoms with van der Waals surface area (Å²) in [6.45, 7) is 16.2.